The van der Waals surface area contributed by atoms with Crippen molar-refractivity contribution in [3.63, 3.8) is 0 Å². The lowest BCUT2D eigenvalue weighted by molar-refractivity contribution is -0.126. The van der Waals surface area contributed by atoms with Gasteiger partial charge in [-0.25, -0.2) is 4.79 Å². The molecule has 2 heterocycles. The summed E-state index contributed by atoms with van der Waals surface area (Å²) in [6, 6.07) is 9.54. The van der Waals surface area contributed by atoms with Gasteiger partial charge in [0.15, 0.2) is 0 Å². The number of carbonyl (C=O) groups excluding carboxylic acids is 2. The predicted molar refractivity (Wildman–Crippen MR) is 68.1 cm³/mol. The molecule has 5 nitrogen and oxygen atoms in total. The minimum absolute atomic E-state index is 0.0270. The van der Waals surface area contributed by atoms with E-state index in [0.717, 1.165) is 24.9 Å². The maximum absolute atomic E-state index is 12.0. The summed E-state index contributed by atoms with van der Waals surface area (Å²) in [6.07, 6.45) is 1.33. The molecule has 0 aromatic heterocycles. The van der Waals surface area contributed by atoms with E-state index in [-0.39, 0.29) is 25.2 Å². The van der Waals surface area contributed by atoms with Gasteiger partial charge >= 0.3 is 6.09 Å². The summed E-state index contributed by atoms with van der Waals surface area (Å²) in [4.78, 5) is 27.1. The lowest BCUT2D eigenvalue weighted by Crippen LogP contribution is -2.38. The van der Waals surface area contributed by atoms with Crippen molar-refractivity contribution in [2.45, 2.75) is 25.6 Å². The van der Waals surface area contributed by atoms with E-state index >= 15 is 0 Å². The zero-order chi connectivity index (χ0) is 13.2. The molecular formula is C14H16N2O3. The Morgan fingerprint density at radius 3 is 2.89 bits per heavy atom. The summed E-state index contributed by atoms with van der Waals surface area (Å²) < 4.78 is 5.28. The fourth-order valence-corrected chi connectivity index (χ4v) is 2.69. The average Bonchev–Trinajstić information content (AvgIpc) is 3.02. The first-order chi connectivity index (χ1) is 9.25. The van der Waals surface area contributed by atoms with Gasteiger partial charge < -0.3 is 9.64 Å². The van der Waals surface area contributed by atoms with Crippen molar-refractivity contribution in [1.29, 1.82) is 0 Å². The highest BCUT2D eigenvalue weighted by Gasteiger charge is 2.43. The van der Waals surface area contributed by atoms with Crippen LogP contribution in [-0.4, -0.2) is 41.1 Å². The van der Waals surface area contributed by atoms with E-state index in [1.54, 1.807) is 4.90 Å². The van der Waals surface area contributed by atoms with Gasteiger partial charge in [-0.05, 0) is 18.4 Å². The van der Waals surface area contributed by atoms with Gasteiger partial charge in [-0.15, -0.1) is 0 Å². The maximum Gasteiger partial charge on any atom is 0.412 e. The largest absolute Gasteiger partial charge is 0.444 e. The number of nitrogens with zero attached hydrogens (tertiary/aromatic N) is 2. The van der Waals surface area contributed by atoms with Crippen molar-refractivity contribution in [2.24, 2.45) is 0 Å². The second-order valence-corrected chi connectivity index (χ2v) is 4.88. The van der Waals surface area contributed by atoms with Crippen LogP contribution in [0.4, 0.5) is 4.79 Å². The van der Waals surface area contributed by atoms with Gasteiger partial charge in [0.1, 0.15) is 19.3 Å². The van der Waals surface area contributed by atoms with Crippen molar-refractivity contribution in [2.75, 3.05) is 13.1 Å². The number of ether oxygens (including phenoxy) is 1. The van der Waals surface area contributed by atoms with Gasteiger partial charge in [0.05, 0.1) is 0 Å². The van der Waals surface area contributed by atoms with Crippen molar-refractivity contribution in [3.05, 3.63) is 35.9 Å². The molecule has 3 rings (SSSR count). The van der Waals surface area contributed by atoms with E-state index in [9.17, 15) is 9.59 Å². The summed E-state index contributed by atoms with van der Waals surface area (Å²) in [7, 11) is 0. The average molecular weight is 260 g/mol. The number of amides is 2. The molecule has 1 unspecified atom stereocenters. The lowest BCUT2D eigenvalue weighted by atomic mass is 10.2. The SMILES string of the molecule is O=C1CN(C(=O)OCc2ccccc2)C2CCCN12. The Hall–Kier alpha value is -2.04. The summed E-state index contributed by atoms with van der Waals surface area (Å²) in [5.41, 5.74) is 0.949. The van der Waals surface area contributed by atoms with Crippen molar-refractivity contribution < 1.29 is 14.3 Å². The van der Waals surface area contributed by atoms with Gasteiger partial charge in [-0.3, -0.25) is 9.69 Å². The van der Waals surface area contributed by atoms with Gasteiger partial charge in [0.2, 0.25) is 5.91 Å². The number of carbonyl (C=O) groups is 2. The maximum atomic E-state index is 12.0. The van der Waals surface area contributed by atoms with E-state index in [4.69, 9.17) is 4.74 Å². The second kappa shape index (κ2) is 4.91. The van der Waals surface area contributed by atoms with Crippen LogP contribution >= 0.6 is 0 Å². The van der Waals surface area contributed by atoms with Gasteiger partial charge in [-0.1, -0.05) is 30.3 Å². The zero-order valence-electron chi connectivity index (χ0n) is 10.6. The number of fused-ring (bicyclic) bond motifs is 1. The molecule has 0 saturated carbocycles. The van der Waals surface area contributed by atoms with E-state index in [2.05, 4.69) is 0 Å². The molecule has 2 amide bonds. The van der Waals surface area contributed by atoms with Crippen LogP contribution in [0.25, 0.3) is 0 Å². The number of hydrogen-bond acceptors (Lipinski definition) is 3. The molecule has 0 aliphatic carbocycles. The molecule has 0 N–H and O–H groups in total. The Bertz CT molecular complexity index is 489. The molecule has 5 heteroatoms. The summed E-state index contributed by atoms with van der Waals surface area (Å²) in [5.74, 6) is 0.0270. The van der Waals surface area contributed by atoms with Crippen LogP contribution < -0.4 is 0 Å². The lowest BCUT2D eigenvalue weighted by Gasteiger charge is -2.22. The van der Waals surface area contributed by atoms with E-state index < -0.39 is 6.09 Å². The van der Waals surface area contributed by atoms with Crippen molar-refractivity contribution >= 4 is 12.0 Å². The molecule has 1 aromatic rings. The smallest absolute Gasteiger partial charge is 0.412 e. The molecule has 1 atom stereocenters. The molecule has 2 fully saturated rings. The van der Waals surface area contributed by atoms with Crippen LogP contribution in [0.1, 0.15) is 18.4 Å². The fraction of sp³-hybridized carbons (Fsp3) is 0.429. The normalized spacial score (nSPS) is 21.7. The van der Waals surface area contributed by atoms with Crippen molar-refractivity contribution in [1.82, 2.24) is 9.80 Å². The molecule has 1 aromatic carbocycles. The van der Waals surface area contributed by atoms with Crippen LogP contribution in [-0.2, 0) is 16.1 Å². The van der Waals surface area contributed by atoms with Crippen LogP contribution in [0.2, 0.25) is 0 Å². The van der Waals surface area contributed by atoms with E-state index in [1.807, 2.05) is 30.3 Å². The van der Waals surface area contributed by atoms with Crippen LogP contribution in [0, 0.1) is 0 Å². The molecule has 0 radical (unpaired) electrons. The van der Waals surface area contributed by atoms with E-state index in [1.165, 1.54) is 4.90 Å². The van der Waals surface area contributed by atoms with Gasteiger partial charge in [0, 0.05) is 6.54 Å². The van der Waals surface area contributed by atoms with Gasteiger partial charge in [0.25, 0.3) is 0 Å². The molecule has 2 aliphatic rings. The fourth-order valence-electron chi connectivity index (χ4n) is 2.69. The Morgan fingerprint density at radius 1 is 1.32 bits per heavy atom. The first kappa shape index (κ1) is 12.0. The number of hydrogen-bond donors (Lipinski definition) is 0. The second-order valence-electron chi connectivity index (χ2n) is 4.88. The summed E-state index contributed by atoms with van der Waals surface area (Å²) in [5, 5.41) is 0. The minimum Gasteiger partial charge on any atom is -0.444 e. The molecule has 0 bridgehead atoms. The quantitative estimate of drug-likeness (QED) is 0.811. The standard InChI is InChI=1S/C14H16N2O3/c17-13-9-16(12-7-4-8-15(12)13)14(18)19-10-11-5-2-1-3-6-11/h1-3,5-6,12H,4,7-10H2. The molecule has 19 heavy (non-hydrogen) atoms. The molecule has 100 valence electrons. The molecule has 2 saturated heterocycles. The van der Waals surface area contributed by atoms with Crippen LogP contribution in [0.15, 0.2) is 30.3 Å². The van der Waals surface area contributed by atoms with E-state index in [0.29, 0.717) is 0 Å². The van der Waals surface area contributed by atoms with Crippen molar-refractivity contribution in [3.8, 4) is 0 Å². The Balaban J connectivity index is 1.60. The van der Waals surface area contributed by atoms with Crippen LogP contribution in [0.5, 0.6) is 0 Å². The van der Waals surface area contributed by atoms with Crippen LogP contribution in [0.3, 0.4) is 0 Å². The number of rotatable bonds is 2. The number of benzene rings is 1. The molecule has 0 spiro atoms. The first-order valence-corrected chi connectivity index (χ1v) is 6.52. The topological polar surface area (TPSA) is 49.9 Å². The third kappa shape index (κ3) is 2.28. The summed E-state index contributed by atoms with van der Waals surface area (Å²) in [6.45, 7) is 1.15. The highest BCUT2D eigenvalue weighted by Crippen LogP contribution is 2.27. The minimum atomic E-state index is -0.397. The Labute approximate surface area is 111 Å². The van der Waals surface area contributed by atoms with Gasteiger partial charge in [-0.2, -0.15) is 0 Å². The first-order valence-electron chi connectivity index (χ1n) is 6.52. The Kier molecular flexibility index (Phi) is 3.11. The third-order valence-electron chi connectivity index (χ3n) is 3.65. The third-order valence-corrected chi connectivity index (χ3v) is 3.65. The highest BCUT2D eigenvalue weighted by molar-refractivity contribution is 5.86. The predicted octanol–water partition coefficient (Wildman–Crippen LogP) is 1.59. The highest BCUT2D eigenvalue weighted by atomic mass is 16.6. The molecule has 2 aliphatic heterocycles. The molecular weight excluding hydrogens is 244 g/mol. The monoisotopic (exact) mass is 260 g/mol. The zero-order valence-corrected chi connectivity index (χ0v) is 10.6. The Morgan fingerprint density at radius 2 is 2.11 bits per heavy atom. The summed E-state index contributed by atoms with van der Waals surface area (Å²) >= 11 is 0.